The van der Waals surface area contributed by atoms with Gasteiger partial charge in [-0.15, -0.1) is 5.10 Å². The molecule has 0 spiro atoms. The zero-order valence-electron chi connectivity index (χ0n) is 14.3. The first-order valence-electron chi connectivity index (χ1n) is 7.73. The third kappa shape index (κ3) is 4.72. The largest absolute Gasteiger partial charge is 0.465 e. The molecule has 0 aliphatic carbocycles. The quantitative estimate of drug-likeness (QED) is 0.573. The summed E-state index contributed by atoms with van der Waals surface area (Å²) >= 11 is 1.17. The normalized spacial score (nSPS) is 10.5. The van der Waals surface area contributed by atoms with Crippen molar-refractivity contribution in [2.45, 2.75) is 32.0 Å². The number of rotatable bonds is 7. The highest BCUT2D eigenvalue weighted by Gasteiger charge is 2.13. The van der Waals surface area contributed by atoms with Gasteiger partial charge in [0.15, 0.2) is 5.16 Å². The van der Waals surface area contributed by atoms with E-state index in [1.165, 1.54) is 23.4 Å². The minimum absolute atomic E-state index is 0.0932. The number of aromatic amines is 1. The van der Waals surface area contributed by atoms with Crippen molar-refractivity contribution in [3.63, 3.8) is 0 Å². The number of nitrogens with zero attached hydrogens (tertiary/aromatic N) is 2. The molecule has 1 aromatic carbocycles. The number of ether oxygens (including phenoxy) is 1. The molecule has 0 atom stereocenters. The van der Waals surface area contributed by atoms with Crippen LogP contribution in [0.15, 0.2) is 28.2 Å². The van der Waals surface area contributed by atoms with E-state index in [9.17, 15) is 14.4 Å². The van der Waals surface area contributed by atoms with Crippen LogP contribution in [0.4, 0.5) is 5.69 Å². The second kappa shape index (κ2) is 8.52. The molecule has 9 heteroatoms. The lowest BCUT2D eigenvalue weighted by Crippen LogP contribution is -2.19. The van der Waals surface area contributed by atoms with Gasteiger partial charge in [0.05, 0.1) is 18.4 Å². The predicted octanol–water partition coefficient (Wildman–Crippen LogP) is 1.81. The Morgan fingerprint density at radius 1 is 1.40 bits per heavy atom. The summed E-state index contributed by atoms with van der Waals surface area (Å²) in [4.78, 5) is 35.4. The Labute approximate surface area is 149 Å². The predicted molar refractivity (Wildman–Crippen MR) is 95.0 cm³/mol. The lowest BCUT2D eigenvalue weighted by molar-refractivity contribution is -0.113. The minimum Gasteiger partial charge on any atom is -0.465 e. The van der Waals surface area contributed by atoms with Crippen molar-refractivity contribution in [1.82, 2.24) is 14.8 Å². The number of aryl methyl sites for hydroxylation is 1. The van der Waals surface area contributed by atoms with Gasteiger partial charge in [0.1, 0.15) is 0 Å². The van der Waals surface area contributed by atoms with Crippen molar-refractivity contribution in [3.8, 4) is 0 Å². The maximum atomic E-state index is 12.2. The smallest absolute Gasteiger partial charge is 0.343 e. The number of hydrogen-bond donors (Lipinski definition) is 2. The van der Waals surface area contributed by atoms with Crippen molar-refractivity contribution in [2.24, 2.45) is 0 Å². The van der Waals surface area contributed by atoms with Gasteiger partial charge >= 0.3 is 11.7 Å². The Morgan fingerprint density at radius 3 is 2.84 bits per heavy atom. The molecule has 2 aromatic rings. The molecule has 8 nitrogen and oxygen atoms in total. The van der Waals surface area contributed by atoms with E-state index in [1.807, 2.05) is 13.8 Å². The van der Waals surface area contributed by atoms with E-state index in [1.54, 1.807) is 18.2 Å². The van der Waals surface area contributed by atoms with Gasteiger partial charge in [-0.05, 0) is 31.0 Å². The minimum atomic E-state index is -0.468. The standard InChI is InChI=1S/C16H20N4O4S/c1-4-7-20-15(23)18-19-16(20)25-9-13(21)17-12-8-11(14(22)24-3)6-5-10(12)2/h5-6,8H,4,7,9H2,1-3H3,(H,17,21)(H,18,23). The van der Waals surface area contributed by atoms with Gasteiger partial charge in [0.2, 0.25) is 5.91 Å². The second-order valence-corrected chi connectivity index (χ2v) is 6.26. The zero-order chi connectivity index (χ0) is 18.4. The van der Waals surface area contributed by atoms with E-state index in [-0.39, 0.29) is 17.3 Å². The van der Waals surface area contributed by atoms with E-state index in [2.05, 4.69) is 20.3 Å². The van der Waals surface area contributed by atoms with Crippen LogP contribution in [-0.2, 0) is 16.1 Å². The number of carbonyl (C=O) groups excluding carboxylic acids is 2. The second-order valence-electron chi connectivity index (χ2n) is 5.32. The lowest BCUT2D eigenvalue weighted by atomic mass is 10.1. The van der Waals surface area contributed by atoms with Gasteiger partial charge in [-0.1, -0.05) is 24.8 Å². The molecule has 0 aliphatic rings. The number of methoxy groups -OCH3 is 1. The molecule has 0 fully saturated rings. The van der Waals surface area contributed by atoms with Crippen LogP contribution in [0.2, 0.25) is 0 Å². The number of benzene rings is 1. The molecule has 0 saturated heterocycles. The van der Waals surface area contributed by atoms with Crippen LogP contribution in [0.1, 0.15) is 29.3 Å². The number of esters is 1. The van der Waals surface area contributed by atoms with Crippen molar-refractivity contribution >= 4 is 29.3 Å². The van der Waals surface area contributed by atoms with E-state index in [0.29, 0.717) is 23.0 Å². The van der Waals surface area contributed by atoms with Gasteiger partial charge in [-0.25, -0.2) is 14.7 Å². The van der Waals surface area contributed by atoms with Crippen LogP contribution >= 0.6 is 11.8 Å². The SMILES string of the molecule is CCCn1c(SCC(=O)Nc2cc(C(=O)OC)ccc2C)n[nH]c1=O. The first kappa shape index (κ1) is 18.8. The summed E-state index contributed by atoms with van der Waals surface area (Å²) in [5.41, 5.74) is 1.45. The topological polar surface area (TPSA) is 106 Å². The number of H-pyrrole nitrogens is 1. The highest BCUT2D eigenvalue weighted by atomic mass is 32.2. The average molecular weight is 364 g/mol. The van der Waals surface area contributed by atoms with Crippen molar-refractivity contribution in [1.29, 1.82) is 0 Å². The number of thioether (sulfide) groups is 1. The molecule has 1 amide bonds. The molecule has 2 N–H and O–H groups in total. The molecule has 0 saturated carbocycles. The average Bonchev–Trinajstić information content (AvgIpc) is 2.95. The Balaban J connectivity index is 2.03. The molecule has 0 unspecified atom stereocenters. The molecule has 0 bridgehead atoms. The van der Waals surface area contributed by atoms with Gasteiger partial charge in [0, 0.05) is 12.2 Å². The molecule has 0 radical (unpaired) electrons. The molecule has 134 valence electrons. The fraction of sp³-hybridized carbons (Fsp3) is 0.375. The summed E-state index contributed by atoms with van der Waals surface area (Å²) in [5, 5.41) is 9.55. The van der Waals surface area contributed by atoms with E-state index >= 15 is 0 Å². The fourth-order valence-corrected chi connectivity index (χ4v) is 2.92. The number of amides is 1. The van der Waals surface area contributed by atoms with E-state index < -0.39 is 5.97 Å². The first-order chi connectivity index (χ1) is 12.0. The Bertz CT molecular complexity index is 828. The van der Waals surface area contributed by atoms with Crippen LogP contribution < -0.4 is 11.0 Å². The van der Waals surface area contributed by atoms with Crippen LogP contribution in [0.5, 0.6) is 0 Å². The van der Waals surface area contributed by atoms with Gasteiger partial charge in [-0.2, -0.15) is 0 Å². The number of nitrogens with one attached hydrogen (secondary N) is 2. The highest BCUT2D eigenvalue weighted by Crippen LogP contribution is 2.19. The van der Waals surface area contributed by atoms with Crippen LogP contribution in [0.25, 0.3) is 0 Å². The molecule has 25 heavy (non-hydrogen) atoms. The van der Waals surface area contributed by atoms with E-state index in [4.69, 9.17) is 0 Å². The van der Waals surface area contributed by atoms with Crippen molar-refractivity contribution < 1.29 is 14.3 Å². The third-order valence-corrected chi connectivity index (χ3v) is 4.41. The van der Waals surface area contributed by atoms with Gasteiger partial charge in [0.25, 0.3) is 0 Å². The monoisotopic (exact) mass is 364 g/mol. The molecular weight excluding hydrogens is 344 g/mol. The number of hydrogen-bond acceptors (Lipinski definition) is 6. The zero-order valence-corrected chi connectivity index (χ0v) is 15.1. The van der Waals surface area contributed by atoms with Gasteiger partial charge < -0.3 is 10.1 Å². The number of carbonyl (C=O) groups is 2. The van der Waals surface area contributed by atoms with Crippen LogP contribution in [0, 0.1) is 6.92 Å². The summed E-state index contributed by atoms with van der Waals surface area (Å²) in [7, 11) is 1.30. The Kier molecular flexibility index (Phi) is 6.40. The maximum Gasteiger partial charge on any atom is 0.343 e. The fourth-order valence-electron chi connectivity index (χ4n) is 2.15. The number of anilines is 1. The molecule has 2 rings (SSSR count). The summed E-state index contributed by atoms with van der Waals surface area (Å²) < 4.78 is 6.18. The molecule has 1 aromatic heterocycles. The van der Waals surface area contributed by atoms with Crippen molar-refractivity contribution in [3.05, 3.63) is 39.8 Å². The highest BCUT2D eigenvalue weighted by molar-refractivity contribution is 7.99. The van der Waals surface area contributed by atoms with Crippen molar-refractivity contribution in [2.75, 3.05) is 18.2 Å². The first-order valence-corrected chi connectivity index (χ1v) is 8.71. The molecule has 1 heterocycles. The van der Waals surface area contributed by atoms with Gasteiger partial charge in [-0.3, -0.25) is 9.36 Å². The summed E-state index contributed by atoms with van der Waals surface area (Å²) in [6.07, 6.45) is 0.790. The lowest BCUT2D eigenvalue weighted by Gasteiger charge is -2.10. The third-order valence-electron chi connectivity index (χ3n) is 3.44. The maximum absolute atomic E-state index is 12.2. The summed E-state index contributed by atoms with van der Waals surface area (Å²) in [5.74, 6) is -0.630. The molecular formula is C16H20N4O4S. The van der Waals surface area contributed by atoms with Crippen LogP contribution in [0.3, 0.4) is 0 Å². The van der Waals surface area contributed by atoms with Crippen LogP contribution in [-0.4, -0.2) is 39.5 Å². The molecule has 0 aliphatic heterocycles. The number of aromatic nitrogens is 3. The Morgan fingerprint density at radius 2 is 2.16 bits per heavy atom. The summed E-state index contributed by atoms with van der Waals surface area (Å²) in [6.45, 7) is 4.33. The van der Waals surface area contributed by atoms with E-state index in [0.717, 1.165) is 12.0 Å². The Hall–Kier alpha value is -2.55. The summed E-state index contributed by atoms with van der Waals surface area (Å²) in [6, 6.07) is 4.95.